The molecule has 1 unspecified atom stereocenters. The van der Waals surface area contributed by atoms with Crippen LogP contribution in [0.4, 0.5) is 17.6 Å². The van der Waals surface area contributed by atoms with Gasteiger partial charge in [-0.25, -0.2) is 15.0 Å². The molecule has 10 nitrogen and oxygen atoms in total. The first-order chi connectivity index (χ1) is 20.4. The minimum atomic E-state index is -0.220. The molecule has 1 aromatic carbocycles. The van der Waals surface area contributed by atoms with E-state index in [2.05, 4.69) is 20.2 Å². The zero-order valence-corrected chi connectivity index (χ0v) is 24.1. The standard InChI is InChI=1S/C32H37N7O3/c1-20(19-42-2)16-26(40)25-4-3-14-38(18-25)32-37-28(29-30(33)35-13-15-39(29)32)22-7-9-23(10-8-22)31(41)36-27-17-24(11-12-34-27)21-5-6-21/h7-13,15,17,20-21,25H,3-6,14,16,18-19H2,1-2H3,(H2,33,35)(H,34,36,41)/t20-,25?/m1/s1. The molecular formula is C32H37N7O3. The van der Waals surface area contributed by atoms with Gasteiger partial charge in [0, 0.05) is 68.9 Å². The Hall–Kier alpha value is -4.31. The van der Waals surface area contributed by atoms with Gasteiger partial charge >= 0.3 is 0 Å². The molecule has 1 saturated carbocycles. The van der Waals surface area contributed by atoms with Crippen molar-refractivity contribution in [2.24, 2.45) is 11.8 Å². The van der Waals surface area contributed by atoms with Gasteiger partial charge < -0.3 is 20.7 Å². The monoisotopic (exact) mass is 567 g/mol. The molecule has 1 aliphatic carbocycles. The van der Waals surface area contributed by atoms with Crippen LogP contribution in [0.3, 0.4) is 0 Å². The second kappa shape index (κ2) is 11.9. The minimum absolute atomic E-state index is 0.0507. The topological polar surface area (TPSA) is 128 Å². The number of amides is 1. The fraction of sp³-hybridized carbons (Fsp3) is 0.406. The van der Waals surface area contributed by atoms with E-state index in [1.807, 2.05) is 41.8 Å². The highest BCUT2D eigenvalue weighted by Gasteiger charge is 2.30. The lowest BCUT2D eigenvalue weighted by Crippen LogP contribution is -2.40. The molecule has 0 bridgehead atoms. The Morgan fingerprint density at radius 1 is 1.12 bits per heavy atom. The Balaban J connectivity index is 1.23. The molecule has 4 heterocycles. The van der Waals surface area contributed by atoms with Crippen LogP contribution in [0, 0.1) is 11.8 Å². The second-order valence-electron chi connectivity index (χ2n) is 11.6. The summed E-state index contributed by atoms with van der Waals surface area (Å²) in [5.74, 6) is 2.44. The maximum absolute atomic E-state index is 13.1. The normalized spacial score (nSPS) is 17.8. The van der Waals surface area contributed by atoms with Crippen molar-refractivity contribution in [1.29, 1.82) is 0 Å². The van der Waals surface area contributed by atoms with E-state index in [0.717, 1.165) is 30.9 Å². The second-order valence-corrected chi connectivity index (χ2v) is 11.6. The summed E-state index contributed by atoms with van der Waals surface area (Å²) < 4.78 is 7.18. The van der Waals surface area contributed by atoms with Gasteiger partial charge in [-0.3, -0.25) is 14.0 Å². The number of pyridine rings is 1. The number of methoxy groups -OCH3 is 1. The van der Waals surface area contributed by atoms with Crippen molar-refractivity contribution in [3.05, 3.63) is 66.1 Å². The van der Waals surface area contributed by atoms with Gasteiger partial charge in [0.25, 0.3) is 5.91 Å². The van der Waals surface area contributed by atoms with Crippen molar-refractivity contribution in [3.8, 4) is 11.3 Å². The third-order valence-corrected chi connectivity index (χ3v) is 8.22. The van der Waals surface area contributed by atoms with Gasteiger partial charge in [0.15, 0.2) is 0 Å². The number of carbonyl (C=O) groups is 2. The maximum Gasteiger partial charge on any atom is 0.256 e. The van der Waals surface area contributed by atoms with Crippen LogP contribution in [0.25, 0.3) is 16.8 Å². The number of Topliss-reactive ketones (excluding diaryl/α,β-unsaturated/α-hetero) is 1. The number of nitrogens with one attached hydrogen (secondary N) is 1. The SMILES string of the molecule is COC[C@H](C)CC(=O)C1CCCN(c2nc(-c3ccc(C(=O)Nc4cc(C5CC5)ccn4)cc3)c3c(N)nccn23)C1. The molecule has 4 aromatic rings. The molecule has 1 aliphatic heterocycles. The molecule has 2 fully saturated rings. The Labute approximate surface area is 245 Å². The van der Waals surface area contributed by atoms with Crippen LogP contribution in [-0.2, 0) is 9.53 Å². The molecule has 2 aliphatic rings. The number of carbonyl (C=O) groups excluding carboxylic acids is 2. The predicted molar refractivity (Wildman–Crippen MR) is 163 cm³/mol. The van der Waals surface area contributed by atoms with Gasteiger partial charge in [0.05, 0.1) is 0 Å². The molecule has 3 aromatic heterocycles. The lowest BCUT2D eigenvalue weighted by Gasteiger charge is -2.32. The maximum atomic E-state index is 13.1. The number of nitrogens with two attached hydrogens (primary N) is 1. The van der Waals surface area contributed by atoms with Gasteiger partial charge in [0.1, 0.15) is 28.6 Å². The van der Waals surface area contributed by atoms with Gasteiger partial charge in [-0.15, -0.1) is 0 Å². The Morgan fingerprint density at radius 2 is 1.93 bits per heavy atom. The summed E-state index contributed by atoms with van der Waals surface area (Å²) in [6, 6.07) is 11.3. The van der Waals surface area contributed by atoms with E-state index in [4.69, 9.17) is 15.5 Å². The summed E-state index contributed by atoms with van der Waals surface area (Å²) in [5, 5.41) is 2.92. The Kier molecular flexibility index (Phi) is 7.88. The third-order valence-electron chi connectivity index (χ3n) is 8.22. The lowest BCUT2D eigenvalue weighted by atomic mass is 9.89. The summed E-state index contributed by atoms with van der Waals surface area (Å²) in [7, 11) is 1.67. The number of rotatable bonds is 10. The van der Waals surface area contributed by atoms with Crippen LogP contribution < -0.4 is 16.0 Å². The number of piperidine rings is 1. The fourth-order valence-corrected chi connectivity index (χ4v) is 5.90. The van der Waals surface area contributed by atoms with Gasteiger partial charge in [-0.1, -0.05) is 19.1 Å². The number of anilines is 3. The fourth-order valence-electron chi connectivity index (χ4n) is 5.90. The van der Waals surface area contributed by atoms with Crippen molar-refractivity contribution in [2.45, 2.75) is 44.9 Å². The highest BCUT2D eigenvalue weighted by molar-refractivity contribution is 6.04. The minimum Gasteiger partial charge on any atom is -0.384 e. The lowest BCUT2D eigenvalue weighted by molar-refractivity contribution is -0.124. The van der Waals surface area contributed by atoms with E-state index >= 15 is 0 Å². The summed E-state index contributed by atoms with van der Waals surface area (Å²) >= 11 is 0. The molecule has 6 rings (SSSR count). The highest BCUT2D eigenvalue weighted by atomic mass is 16.5. The smallest absolute Gasteiger partial charge is 0.256 e. The first kappa shape index (κ1) is 27.8. The zero-order valence-electron chi connectivity index (χ0n) is 24.1. The van der Waals surface area contributed by atoms with Gasteiger partial charge in [-0.05, 0) is 67.3 Å². The summed E-state index contributed by atoms with van der Waals surface area (Å²) in [6.45, 7) is 4.03. The number of ketones is 1. The summed E-state index contributed by atoms with van der Waals surface area (Å²) in [5.41, 5.74) is 10.3. The van der Waals surface area contributed by atoms with Crippen LogP contribution in [0.1, 0.15) is 60.9 Å². The van der Waals surface area contributed by atoms with Crippen LogP contribution in [0.15, 0.2) is 55.0 Å². The van der Waals surface area contributed by atoms with Gasteiger partial charge in [0.2, 0.25) is 5.95 Å². The highest BCUT2D eigenvalue weighted by Crippen LogP contribution is 2.40. The van der Waals surface area contributed by atoms with E-state index in [1.165, 1.54) is 18.4 Å². The molecule has 10 heteroatoms. The number of nitrogen functional groups attached to an aromatic ring is 1. The van der Waals surface area contributed by atoms with E-state index in [-0.39, 0.29) is 23.5 Å². The predicted octanol–water partition coefficient (Wildman–Crippen LogP) is 4.96. The van der Waals surface area contributed by atoms with E-state index in [1.54, 1.807) is 31.6 Å². The molecule has 1 amide bonds. The molecule has 218 valence electrons. The number of hydrogen-bond donors (Lipinski definition) is 2. The van der Waals surface area contributed by atoms with Crippen molar-refractivity contribution >= 4 is 34.8 Å². The van der Waals surface area contributed by atoms with Crippen molar-refractivity contribution in [3.63, 3.8) is 0 Å². The first-order valence-corrected chi connectivity index (χ1v) is 14.7. The van der Waals surface area contributed by atoms with E-state index in [9.17, 15) is 9.59 Å². The van der Waals surface area contributed by atoms with Crippen molar-refractivity contribution in [1.82, 2.24) is 19.4 Å². The molecular weight excluding hydrogens is 530 g/mol. The van der Waals surface area contributed by atoms with Gasteiger partial charge in [-0.2, -0.15) is 0 Å². The molecule has 0 spiro atoms. The summed E-state index contributed by atoms with van der Waals surface area (Å²) in [4.78, 5) is 41.9. The first-order valence-electron chi connectivity index (χ1n) is 14.7. The summed E-state index contributed by atoms with van der Waals surface area (Å²) in [6.07, 6.45) is 9.93. The van der Waals surface area contributed by atoms with Crippen LogP contribution in [0.5, 0.6) is 0 Å². The molecule has 42 heavy (non-hydrogen) atoms. The average molecular weight is 568 g/mol. The number of benzene rings is 1. The Bertz CT molecular complexity index is 1600. The van der Waals surface area contributed by atoms with E-state index < -0.39 is 0 Å². The number of aromatic nitrogens is 4. The zero-order chi connectivity index (χ0) is 29.2. The van der Waals surface area contributed by atoms with Crippen LogP contribution in [-0.4, -0.2) is 57.8 Å². The number of hydrogen-bond acceptors (Lipinski definition) is 8. The molecule has 0 radical (unpaired) electrons. The third kappa shape index (κ3) is 5.85. The molecule has 2 atom stereocenters. The van der Waals surface area contributed by atoms with E-state index in [0.29, 0.717) is 53.9 Å². The van der Waals surface area contributed by atoms with Crippen molar-refractivity contribution in [2.75, 3.05) is 42.8 Å². The molecule has 1 saturated heterocycles. The number of fused-ring (bicyclic) bond motifs is 1. The number of nitrogens with zero attached hydrogens (tertiary/aromatic N) is 5. The number of ether oxygens (including phenoxy) is 1. The van der Waals surface area contributed by atoms with Crippen LogP contribution in [0.2, 0.25) is 0 Å². The largest absolute Gasteiger partial charge is 0.384 e. The van der Waals surface area contributed by atoms with Crippen molar-refractivity contribution < 1.29 is 14.3 Å². The quantitative estimate of drug-likeness (QED) is 0.275. The Morgan fingerprint density at radius 3 is 2.69 bits per heavy atom. The molecule has 3 N–H and O–H groups in total. The van der Waals surface area contributed by atoms with Crippen LogP contribution >= 0.6 is 0 Å². The number of imidazole rings is 1. The average Bonchev–Trinajstić information content (AvgIpc) is 3.78.